The van der Waals surface area contributed by atoms with Crippen LogP contribution in [0.3, 0.4) is 0 Å². The fraction of sp³-hybridized carbons (Fsp3) is 0.429. The summed E-state index contributed by atoms with van der Waals surface area (Å²) in [6.45, 7) is -0.628. The lowest BCUT2D eigenvalue weighted by atomic mass is 10.0. The van der Waals surface area contributed by atoms with Gasteiger partial charge in [-0.25, -0.2) is 23.0 Å². The molecule has 0 saturated carbocycles. The summed E-state index contributed by atoms with van der Waals surface area (Å²) in [4.78, 5) is 21.3. The minimum absolute atomic E-state index is 0.00334. The van der Waals surface area contributed by atoms with Gasteiger partial charge in [-0.05, 0) is 24.6 Å². The van der Waals surface area contributed by atoms with E-state index in [-0.39, 0.29) is 35.9 Å². The van der Waals surface area contributed by atoms with E-state index in [1.165, 1.54) is 17.5 Å². The fourth-order valence-electron chi connectivity index (χ4n) is 4.29. The van der Waals surface area contributed by atoms with Crippen molar-refractivity contribution in [2.45, 2.75) is 38.0 Å². The number of alkyl halides is 5. The van der Waals surface area contributed by atoms with Crippen LogP contribution in [0.15, 0.2) is 24.4 Å². The van der Waals surface area contributed by atoms with Crippen LogP contribution in [-0.2, 0) is 11.3 Å². The summed E-state index contributed by atoms with van der Waals surface area (Å²) in [5.74, 6) is -3.39. The molecule has 1 aliphatic heterocycles. The van der Waals surface area contributed by atoms with Crippen molar-refractivity contribution in [1.29, 1.82) is 0 Å². The molecule has 1 fully saturated rings. The van der Waals surface area contributed by atoms with Crippen molar-refractivity contribution in [2.75, 3.05) is 30.8 Å². The molecule has 0 unspecified atom stereocenters. The molecule has 0 aliphatic carbocycles. The van der Waals surface area contributed by atoms with E-state index in [0.29, 0.717) is 21.5 Å². The van der Waals surface area contributed by atoms with Gasteiger partial charge in [0.2, 0.25) is 11.9 Å². The van der Waals surface area contributed by atoms with Crippen molar-refractivity contribution in [3.05, 3.63) is 24.4 Å². The van der Waals surface area contributed by atoms with Gasteiger partial charge in [0.05, 0.1) is 18.3 Å². The summed E-state index contributed by atoms with van der Waals surface area (Å²) < 4.78 is 70.2. The molecule has 16 heteroatoms. The van der Waals surface area contributed by atoms with Gasteiger partial charge in [0.25, 0.3) is 5.92 Å². The number of piperidine rings is 1. The van der Waals surface area contributed by atoms with Crippen molar-refractivity contribution in [3.8, 4) is 11.3 Å². The highest BCUT2D eigenvalue weighted by Gasteiger charge is 2.45. The monoisotopic (exact) mass is 524 g/mol. The highest BCUT2D eigenvalue weighted by atomic mass is 19.4. The van der Waals surface area contributed by atoms with E-state index in [1.807, 2.05) is 0 Å². The summed E-state index contributed by atoms with van der Waals surface area (Å²) in [7, 11) is 1.59. The molecule has 196 valence electrons. The summed E-state index contributed by atoms with van der Waals surface area (Å²) in [5, 5.41) is 17.2. The molecular weight excluding hydrogens is 503 g/mol. The first-order valence-corrected chi connectivity index (χ1v) is 11.2. The van der Waals surface area contributed by atoms with Crippen molar-refractivity contribution >= 4 is 34.4 Å². The predicted octanol–water partition coefficient (Wildman–Crippen LogP) is 2.81. The van der Waals surface area contributed by atoms with Crippen LogP contribution in [0.2, 0.25) is 0 Å². The van der Waals surface area contributed by atoms with Gasteiger partial charge in [0.15, 0.2) is 11.5 Å². The quantitative estimate of drug-likeness (QED) is 0.383. The number of aromatic nitrogens is 7. The van der Waals surface area contributed by atoms with E-state index in [0.717, 1.165) is 4.90 Å². The van der Waals surface area contributed by atoms with Crippen molar-refractivity contribution in [3.63, 3.8) is 0 Å². The standard InChI is InChI=1S/C21H21F5N10O/c1-11(37)34-7-6-15(20(22,23)9-34)29-19-30-17(27-2)16-12(5-8-35(16)32-19)13-3-4-14-18(28-13)36(33-31-14)10-21(24,25)26/h3-5,8,15H,6-7,9-10H2,1-2H3,(H2,27,29,30,32)/t15-/m1/s1. The van der Waals surface area contributed by atoms with Crippen LogP contribution < -0.4 is 10.6 Å². The molecule has 1 saturated heterocycles. The van der Waals surface area contributed by atoms with Crippen LogP contribution in [0, 0.1) is 0 Å². The lowest BCUT2D eigenvalue weighted by Gasteiger charge is -2.38. The molecular formula is C21H21F5N10O. The maximum Gasteiger partial charge on any atom is 0.408 e. The lowest BCUT2D eigenvalue weighted by molar-refractivity contribution is -0.142. The largest absolute Gasteiger partial charge is 0.408 e. The second-order valence-electron chi connectivity index (χ2n) is 8.65. The minimum Gasteiger partial charge on any atom is -0.371 e. The summed E-state index contributed by atoms with van der Waals surface area (Å²) in [6, 6.07) is 3.44. The van der Waals surface area contributed by atoms with E-state index >= 15 is 0 Å². The zero-order chi connectivity index (χ0) is 26.5. The molecule has 0 aromatic carbocycles. The zero-order valence-electron chi connectivity index (χ0n) is 19.6. The molecule has 1 amide bonds. The Kier molecular flexibility index (Phi) is 5.83. The number of carbonyl (C=O) groups excluding carboxylic acids is 1. The molecule has 4 aromatic heterocycles. The number of fused-ring (bicyclic) bond motifs is 2. The average Bonchev–Trinajstić information content (AvgIpc) is 3.42. The van der Waals surface area contributed by atoms with Crippen LogP contribution in [0.5, 0.6) is 0 Å². The van der Waals surface area contributed by atoms with E-state index in [4.69, 9.17) is 0 Å². The number of hydrogen-bond donors (Lipinski definition) is 2. The van der Waals surface area contributed by atoms with E-state index in [2.05, 4.69) is 36.0 Å². The lowest BCUT2D eigenvalue weighted by Crippen LogP contribution is -2.55. The molecule has 37 heavy (non-hydrogen) atoms. The molecule has 4 aromatic rings. The highest BCUT2D eigenvalue weighted by Crippen LogP contribution is 2.32. The summed E-state index contributed by atoms with van der Waals surface area (Å²) in [5.41, 5.74) is 1.42. The molecule has 11 nitrogen and oxygen atoms in total. The number of nitrogens with zero attached hydrogens (tertiary/aromatic N) is 8. The van der Waals surface area contributed by atoms with Crippen molar-refractivity contribution < 1.29 is 26.7 Å². The van der Waals surface area contributed by atoms with Gasteiger partial charge in [0.1, 0.15) is 17.6 Å². The Bertz CT molecular complexity index is 1480. The Hall–Kier alpha value is -4.11. The number of carbonyl (C=O) groups is 1. The summed E-state index contributed by atoms with van der Waals surface area (Å²) >= 11 is 0. The number of rotatable bonds is 5. The molecule has 1 aliphatic rings. The second-order valence-corrected chi connectivity index (χ2v) is 8.65. The SMILES string of the molecule is CNc1nc(N[C@@H]2CCN(C(C)=O)CC2(F)F)nn2ccc(-c3ccc4nnn(CC(F)(F)F)c4n3)c12. The fourth-order valence-corrected chi connectivity index (χ4v) is 4.29. The molecule has 1 atom stereocenters. The van der Waals surface area contributed by atoms with Gasteiger partial charge >= 0.3 is 6.18 Å². The molecule has 0 spiro atoms. The number of anilines is 2. The number of likely N-dealkylation sites (tertiary alicyclic amines) is 1. The second kappa shape index (κ2) is 8.77. The number of amides is 1. The van der Waals surface area contributed by atoms with Gasteiger partial charge in [-0.1, -0.05) is 5.21 Å². The minimum atomic E-state index is -4.50. The maximum absolute atomic E-state index is 14.7. The number of nitrogens with one attached hydrogen (secondary N) is 2. The average molecular weight is 524 g/mol. The van der Waals surface area contributed by atoms with Crippen LogP contribution in [0.25, 0.3) is 27.9 Å². The van der Waals surface area contributed by atoms with E-state index in [9.17, 15) is 26.7 Å². The smallest absolute Gasteiger partial charge is 0.371 e. The van der Waals surface area contributed by atoms with Crippen molar-refractivity contribution in [2.24, 2.45) is 0 Å². The molecule has 5 heterocycles. The number of hydrogen-bond acceptors (Lipinski definition) is 8. The Morgan fingerprint density at radius 3 is 2.68 bits per heavy atom. The number of pyridine rings is 1. The third-order valence-electron chi connectivity index (χ3n) is 6.06. The van der Waals surface area contributed by atoms with Crippen LogP contribution in [0.1, 0.15) is 13.3 Å². The van der Waals surface area contributed by atoms with Crippen LogP contribution >= 0.6 is 0 Å². The van der Waals surface area contributed by atoms with Crippen molar-refractivity contribution in [1.82, 2.24) is 39.5 Å². The van der Waals surface area contributed by atoms with E-state index < -0.39 is 37.1 Å². The normalized spacial score (nSPS) is 17.9. The van der Waals surface area contributed by atoms with Crippen LogP contribution in [0.4, 0.5) is 33.7 Å². The first kappa shape index (κ1) is 24.6. The Morgan fingerprint density at radius 1 is 1.22 bits per heavy atom. The topological polar surface area (TPSA) is 118 Å². The molecule has 5 rings (SSSR count). The van der Waals surface area contributed by atoms with Gasteiger partial charge in [0, 0.05) is 32.3 Å². The third kappa shape index (κ3) is 4.70. The van der Waals surface area contributed by atoms with Crippen LogP contribution in [-0.4, -0.2) is 83.7 Å². The zero-order valence-corrected chi connectivity index (χ0v) is 19.6. The third-order valence-corrected chi connectivity index (χ3v) is 6.06. The highest BCUT2D eigenvalue weighted by molar-refractivity contribution is 5.89. The Balaban J connectivity index is 1.48. The Labute approximate surface area is 205 Å². The first-order chi connectivity index (χ1) is 17.4. The van der Waals surface area contributed by atoms with Gasteiger partial charge < -0.3 is 15.5 Å². The first-order valence-electron chi connectivity index (χ1n) is 11.2. The van der Waals surface area contributed by atoms with Gasteiger partial charge in [-0.3, -0.25) is 4.79 Å². The molecule has 0 bridgehead atoms. The maximum atomic E-state index is 14.7. The molecule has 0 radical (unpaired) electrons. The Morgan fingerprint density at radius 2 is 2.00 bits per heavy atom. The van der Waals surface area contributed by atoms with Gasteiger partial charge in [-0.15, -0.1) is 10.2 Å². The van der Waals surface area contributed by atoms with Gasteiger partial charge in [-0.2, -0.15) is 18.2 Å². The summed E-state index contributed by atoms with van der Waals surface area (Å²) in [6.07, 6.45) is -2.94. The molecule has 2 N–H and O–H groups in total. The predicted molar refractivity (Wildman–Crippen MR) is 122 cm³/mol. The van der Waals surface area contributed by atoms with E-state index in [1.54, 1.807) is 25.4 Å². The number of halogens is 5.